The van der Waals surface area contributed by atoms with Crippen molar-refractivity contribution in [3.05, 3.63) is 35.9 Å². The first kappa shape index (κ1) is 15.7. The van der Waals surface area contributed by atoms with Crippen molar-refractivity contribution in [3.8, 4) is 0 Å². The van der Waals surface area contributed by atoms with Crippen LogP contribution >= 0.6 is 11.8 Å². The number of rotatable bonds is 4. The van der Waals surface area contributed by atoms with Gasteiger partial charge in [0.25, 0.3) is 0 Å². The summed E-state index contributed by atoms with van der Waals surface area (Å²) in [6.07, 6.45) is 2.55. The van der Waals surface area contributed by atoms with E-state index in [1.165, 1.54) is 24.2 Å². The molecule has 1 saturated heterocycles. The predicted octanol–water partition coefficient (Wildman–Crippen LogP) is 3.19. The average Bonchev–Trinajstić information content (AvgIpc) is 3.36. The first-order valence-electron chi connectivity index (χ1n) is 8.44. The van der Waals surface area contributed by atoms with Gasteiger partial charge in [-0.1, -0.05) is 37.3 Å². The van der Waals surface area contributed by atoms with E-state index in [0.29, 0.717) is 0 Å². The third kappa shape index (κ3) is 3.78. The Bertz CT molecular complexity index is 502. The van der Waals surface area contributed by atoms with E-state index in [1.54, 1.807) is 0 Å². The van der Waals surface area contributed by atoms with Gasteiger partial charge in [0.15, 0.2) is 5.96 Å². The van der Waals surface area contributed by atoms with Crippen molar-refractivity contribution in [1.29, 1.82) is 0 Å². The highest BCUT2D eigenvalue weighted by Crippen LogP contribution is 2.46. The number of nitrogens with zero attached hydrogens (tertiary/aromatic N) is 2. The second kappa shape index (κ2) is 7.40. The molecule has 3 rings (SSSR count). The van der Waals surface area contributed by atoms with Crippen molar-refractivity contribution >= 4 is 17.7 Å². The van der Waals surface area contributed by atoms with Crippen LogP contribution in [-0.4, -0.2) is 48.5 Å². The molecular weight excluding hydrogens is 290 g/mol. The fraction of sp³-hybridized carbons (Fsp3) is 0.611. The zero-order valence-electron chi connectivity index (χ0n) is 13.7. The lowest BCUT2D eigenvalue weighted by Gasteiger charge is -2.34. The summed E-state index contributed by atoms with van der Waals surface area (Å²) in [5.74, 6) is 3.82. The van der Waals surface area contributed by atoms with Crippen molar-refractivity contribution in [2.75, 3.05) is 32.4 Å². The van der Waals surface area contributed by atoms with Gasteiger partial charge in [0.05, 0.1) is 0 Å². The Morgan fingerprint density at radius 2 is 2.18 bits per heavy atom. The second-order valence-electron chi connectivity index (χ2n) is 6.29. The molecule has 1 aromatic carbocycles. The molecular formula is C18H27N3S. The van der Waals surface area contributed by atoms with Crippen molar-refractivity contribution in [2.24, 2.45) is 10.9 Å². The highest BCUT2D eigenvalue weighted by molar-refractivity contribution is 8.00. The maximum absolute atomic E-state index is 4.50. The molecule has 1 heterocycles. The second-order valence-corrected chi connectivity index (χ2v) is 7.70. The summed E-state index contributed by atoms with van der Waals surface area (Å²) in [6, 6.07) is 10.9. The Hall–Kier alpha value is -1.16. The number of aliphatic imine (C=N–C) groups is 1. The number of thioether (sulfide) groups is 1. The average molecular weight is 318 g/mol. The lowest BCUT2D eigenvalue weighted by molar-refractivity contribution is 0.407. The Morgan fingerprint density at radius 1 is 1.36 bits per heavy atom. The van der Waals surface area contributed by atoms with Gasteiger partial charge in [0.1, 0.15) is 0 Å². The lowest BCUT2D eigenvalue weighted by Crippen LogP contribution is -2.48. The third-order valence-corrected chi connectivity index (χ3v) is 6.15. The third-order valence-electron chi connectivity index (χ3n) is 4.78. The Kier molecular flexibility index (Phi) is 5.29. The van der Waals surface area contributed by atoms with Crippen LogP contribution in [0.5, 0.6) is 0 Å². The molecule has 1 aromatic rings. The maximum Gasteiger partial charge on any atom is 0.193 e. The molecule has 3 unspecified atom stereocenters. The molecule has 1 N–H and O–H groups in total. The summed E-state index contributed by atoms with van der Waals surface area (Å²) in [5.41, 5.74) is 1.49. The normalized spacial score (nSPS) is 28.5. The van der Waals surface area contributed by atoms with E-state index in [1.807, 2.05) is 7.05 Å². The van der Waals surface area contributed by atoms with Crippen LogP contribution in [0.3, 0.4) is 0 Å². The van der Waals surface area contributed by atoms with E-state index in [9.17, 15) is 0 Å². The monoisotopic (exact) mass is 317 g/mol. The van der Waals surface area contributed by atoms with Crippen LogP contribution < -0.4 is 5.32 Å². The molecule has 1 aliphatic carbocycles. The van der Waals surface area contributed by atoms with Gasteiger partial charge in [-0.25, -0.2) is 0 Å². The van der Waals surface area contributed by atoms with Crippen molar-refractivity contribution < 1.29 is 0 Å². The van der Waals surface area contributed by atoms with Crippen LogP contribution in [0.25, 0.3) is 0 Å². The minimum absolute atomic E-state index is 0.743. The van der Waals surface area contributed by atoms with Gasteiger partial charge >= 0.3 is 0 Å². The van der Waals surface area contributed by atoms with Crippen molar-refractivity contribution in [3.63, 3.8) is 0 Å². The van der Waals surface area contributed by atoms with Gasteiger partial charge < -0.3 is 10.2 Å². The standard InChI is InChI=1S/C18H27N3S/c1-3-16-13-21(9-10-22-16)18(19-2)20-12-15-11-17(15)14-7-5-4-6-8-14/h4-8,15-17H,3,9-13H2,1-2H3,(H,19,20). The van der Waals surface area contributed by atoms with E-state index in [-0.39, 0.29) is 0 Å². The zero-order chi connectivity index (χ0) is 15.4. The van der Waals surface area contributed by atoms with Crippen LogP contribution in [-0.2, 0) is 0 Å². The molecule has 0 radical (unpaired) electrons. The number of benzene rings is 1. The molecule has 22 heavy (non-hydrogen) atoms. The number of hydrogen-bond acceptors (Lipinski definition) is 2. The largest absolute Gasteiger partial charge is 0.356 e. The summed E-state index contributed by atoms with van der Waals surface area (Å²) < 4.78 is 0. The molecule has 0 aromatic heterocycles. The summed E-state index contributed by atoms with van der Waals surface area (Å²) in [7, 11) is 1.91. The van der Waals surface area contributed by atoms with Gasteiger partial charge in [-0.05, 0) is 30.2 Å². The fourth-order valence-electron chi connectivity index (χ4n) is 3.30. The Balaban J connectivity index is 1.48. The molecule has 2 fully saturated rings. The van der Waals surface area contributed by atoms with E-state index < -0.39 is 0 Å². The van der Waals surface area contributed by atoms with E-state index in [4.69, 9.17) is 0 Å². The molecule has 0 amide bonds. The fourth-order valence-corrected chi connectivity index (χ4v) is 4.48. The first-order valence-corrected chi connectivity index (χ1v) is 9.48. The van der Waals surface area contributed by atoms with Gasteiger partial charge in [0.2, 0.25) is 0 Å². The van der Waals surface area contributed by atoms with Crippen LogP contribution in [0.4, 0.5) is 0 Å². The Morgan fingerprint density at radius 3 is 2.91 bits per heavy atom. The molecule has 0 spiro atoms. The minimum atomic E-state index is 0.743. The van der Waals surface area contributed by atoms with E-state index >= 15 is 0 Å². The van der Waals surface area contributed by atoms with Crippen LogP contribution in [0.1, 0.15) is 31.2 Å². The van der Waals surface area contributed by atoms with Crippen LogP contribution in [0.15, 0.2) is 35.3 Å². The SMILES string of the molecule is CCC1CN(C(=NC)NCC2CC2c2ccccc2)CCS1. The lowest BCUT2D eigenvalue weighted by atomic mass is 10.1. The smallest absolute Gasteiger partial charge is 0.193 e. The van der Waals surface area contributed by atoms with E-state index in [2.05, 4.69) is 64.2 Å². The van der Waals surface area contributed by atoms with Crippen molar-refractivity contribution in [2.45, 2.75) is 30.9 Å². The topological polar surface area (TPSA) is 27.6 Å². The Labute approximate surface area is 138 Å². The number of hydrogen-bond donors (Lipinski definition) is 1. The predicted molar refractivity (Wildman–Crippen MR) is 96.8 cm³/mol. The summed E-state index contributed by atoms with van der Waals surface area (Å²) in [6.45, 7) is 5.58. The molecule has 3 nitrogen and oxygen atoms in total. The highest BCUT2D eigenvalue weighted by atomic mass is 32.2. The zero-order valence-corrected chi connectivity index (χ0v) is 14.5. The number of guanidine groups is 1. The minimum Gasteiger partial charge on any atom is -0.356 e. The summed E-state index contributed by atoms with van der Waals surface area (Å²) >= 11 is 2.10. The first-order chi connectivity index (χ1) is 10.8. The molecule has 0 bridgehead atoms. The maximum atomic E-state index is 4.50. The van der Waals surface area contributed by atoms with Gasteiger partial charge in [-0.3, -0.25) is 4.99 Å². The molecule has 3 atom stereocenters. The van der Waals surface area contributed by atoms with Crippen molar-refractivity contribution in [1.82, 2.24) is 10.2 Å². The molecule has 1 saturated carbocycles. The molecule has 2 aliphatic rings. The summed E-state index contributed by atoms with van der Waals surface area (Å²) in [4.78, 5) is 6.94. The molecule has 120 valence electrons. The quantitative estimate of drug-likeness (QED) is 0.683. The van der Waals surface area contributed by atoms with Crippen LogP contribution in [0.2, 0.25) is 0 Å². The molecule has 4 heteroatoms. The van der Waals surface area contributed by atoms with E-state index in [0.717, 1.165) is 42.7 Å². The highest BCUT2D eigenvalue weighted by Gasteiger charge is 2.38. The van der Waals surface area contributed by atoms with Gasteiger partial charge in [-0.15, -0.1) is 0 Å². The van der Waals surface area contributed by atoms with Gasteiger partial charge in [0, 0.05) is 37.7 Å². The molecule has 1 aliphatic heterocycles. The number of nitrogens with one attached hydrogen (secondary N) is 1. The van der Waals surface area contributed by atoms with Gasteiger partial charge in [-0.2, -0.15) is 11.8 Å². The van der Waals surface area contributed by atoms with Crippen LogP contribution in [0, 0.1) is 5.92 Å². The summed E-state index contributed by atoms with van der Waals surface area (Å²) in [5, 5.41) is 4.37.